The van der Waals surface area contributed by atoms with Crippen LogP contribution in [0.2, 0.25) is 0 Å². The molecule has 1 fully saturated rings. The predicted molar refractivity (Wildman–Crippen MR) is 64.4 cm³/mol. The zero-order valence-electron chi connectivity index (χ0n) is 10.1. The average molecular weight is 235 g/mol. The summed E-state index contributed by atoms with van der Waals surface area (Å²) in [6.07, 6.45) is 3.40. The second-order valence-electron chi connectivity index (χ2n) is 4.56. The molecule has 2 rings (SSSR count). The van der Waals surface area contributed by atoms with Gasteiger partial charge < -0.3 is 16.0 Å². The Balaban J connectivity index is 2.28. The molecule has 17 heavy (non-hydrogen) atoms. The van der Waals surface area contributed by atoms with Crippen LogP contribution in [0.3, 0.4) is 0 Å². The van der Waals surface area contributed by atoms with Gasteiger partial charge in [-0.2, -0.15) is 0 Å². The van der Waals surface area contributed by atoms with Crippen LogP contribution in [-0.4, -0.2) is 34.5 Å². The van der Waals surface area contributed by atoms with Gasteiger partial charge in [-0.3, -0.25) is 4.79 Å². The summed E-state index contributed by atoms with van der Waals surface area (Å²) in [5.41, 5.74) is 5.76. The summed E-state index contributed by atoms with van der Waals surface area (Å²) in [7, 11) is 0. The highest BCUT2D eigenvalue weighted by Crippen LogP contribution is 2.22. The van der Waals surface area contributed by atoms with E-state index in [0.29, 0.717) is 25.6 Å². The molecule has 1 aromatic heterocycles. The van der Waals surface area contributed by atoms with Gasteiger partial charge in [0.25, 0.3) is 0 Å². The number of carbonyl (C=O) groups excluding carboxylic acids is 1. The lowest BCUT2D eigenvalue weighted by Crippen LogP contribution is -2.62. The second kappa shape index (κ2) is 4.29. The average Bonchev–Trinajstić information content (AvgIpc) is 2.33. The van der Waals surface area contributed by atoms with Gasteiger partial charge in [-0.15, -0.1) is 0 Å². The minimum absolute atomic E-state index is 0.00440. The van der Waals surface area contributed by atoms with Gasteiger partial charge >= 0.3 is 0 Å². The molecular formula is C11H17N5O. The normalized spacial score (nSPS) is 19.0. The van der Waals surface area contributed by atoms with Gasteiger partial charge in [0.1, 0.15) is 5.54 Å². The molecular weight excluding hydrogens is 218 g/mol. The van der Waals surface area contributed by atoms with Crippen LogP contribution >= 0.6 is 0 Å². The van der Waals surface area contributed by atoms with Crippen LogP contribution in [0.1, 0.15) is 19.4 Å². The molecule has 1 aromatic rings. The number of nitrogens with two attached hydrogens (primary N) is 1. The van der Waals surface area contributed by atoms with Gasteiger partial charge in [-0.05, 0) is 13.8 Å². The van der Waals surface area contributed by atoms with E-state index in [4.69, 9.17) is 5.73 Å². The zero-order valence-corrected chi connectivity index (χ0v) is 10.1. The number of rotatable bonds is 2. The number of piperazine rings is 1. The number of nitrogens with zero attached hydrogens (tertiary/aromatic N) is 3. The van der Waals surface area contributed by atoms with Crippen LogP contribution in [0.25, 0.3) is 0 Å². The molecule has 0 saturated carbocycles. The molecule has 0 spiro atoms. The monoisotopic (exact) mass is 235 g/mol. The van der Waals surface area contributed by atoms with Crippen molar-refractivity contribution in [3.8, 4) is 0 Å². The largest absolute Gasteiger partial charge is 0.352 e. The molecule has 1 saturated heterocycles. The topological polar surface area (TPSA) is 84.1 Å². The molecule has 92 valence electrons. The Morgan fingerprint density at radius 3 is 2.71 bits per heavy atom. The molecule has 0 aromatic carbocycles. The summed E-state index contributed by atoms with van der Waals surface area (Å²) in [5.74, 6) is 0.567. The third-order valence-electron chi connectivity index (χ3n) is 3.02. The number of hydrogen-bond donors (Lipinski definition) is 2. The van der Waals surface area contributed by atoms with E-state index >= 15 is 0 Å². The third-order valence-corrected chi connectivity index (χ3v) is 3.02. The van der Waals surface area contributed by atoms with Crippen LogP contribution in [0, 0.1) is 0 Å². The van der Waals surface area contributed by atoms with E-state index < -0.39 is 5.54 Å². The van der Waals surface area contributed by atoms with Crippen LogP contribution in [0.15, 0.2) is 12.4 Å². The lowest BCUT2D eigenvalue weighted by molar-refractivity contribution is -0.126. The molecule has 0 radical (unpaired) electrons. The third kappa shape index (κ3) is 2.08. The number of carbonyl (C=O) groups is 1. The molecule has 2 heterocycles. The Bertz CT molecular complexity index is 414. The highest BCUT2D eigenvalue weighted by molar-refractivity contribution is 5.89. The van der Waals surface area contributed by atoms with E-state index in [0.717, 1.165) is 5.56 Å². The van der Waals surface area contributed by atoms with Gasteiger partial charge in [-0.25, -0.2) is 9.97 Å². The van der Waals surface area contributed by atoms with Gasteiger partial charge in [0.05, 0.1) is 0 Å². The predicted octanol–water partition coefficient (Wildman–Crippen LogP) is -0.350. The maximum atomic E-state index is 11.8. The van der Waals surface area contributed by atoms with E-state index in [1.54, 1.807) is 12.4 Å². The first-order valence-electron chi connectivity index (χ1n) is 5.62. The summed E-state index contributed by atoms with van der Waals surface area (Å²) in [6.45, 7) is 5.47. The fourth-order valence-corrected chi connectivity index (χ4v) is 1.84. The van der Waals surface area contributed by atoms with Crippen molar-refractivity contribution in [2.45, 2.75) is 25.9 Å². The van der Waals surface area contributed by atoms with Gasteiger partial charge in [0.15, 0.2) is 0 Å². The zero-order chi connectivity index (χ0) is 12.5. The van der Waals surface area contributed by atoms with Crippen molar-refractivity contribution in [2.75, 3.05) is 18.0 Å². The molecule has 1 amide bonds. The molecule has 0 atom stereocenters. The molecule has 6 nitrogen and oxygen atoms in total. The van der Waals surface area contributed by atoms with E-state index in [2.05, 4.69) is 15.3 Å². The number of hydrogen-bond acceptors (Lipinski definition) is 5. The maximum Gasteiger partial charge on any atom is 0.245 e. The van der Waals surface area contributed by atoms with Crippen molar-refractivity contribution >= 4 is 11.9 Å². The Labute approximate surface area is 100 Å². The van der Waals surface area contributed by atoms with Gasteiger partial charge in [0, 0.05) is 37.6 Å². The fraction of sp³-hybridized carbons (Fsp3) is 0.545. The molecule has 6 heteroatoms. The first-order valence-corrected chi connectivity index (χ1v) is 5.62. The lowest BCUT2D eigenvalue weighted by Gasteiger charge is -2.41. The summed E-state index contributed by atoms with van der Waals surface area (Å²) < 4.78 is 0. The first kappa shape index (κ1) is 11.8. The van der Waals surface area contributed by atoms with Crippen LogP contribution in [0.4, 0.5) is 5.95 Å². The Hall–Kier alpha value is -1.69. The molecule has 3 N–H and O–H groups in total. The molecule has 0 aliphatic carbocycles. The molecule has 1 aliphatic heterocycles. The van der Waals surface area contributed by atoms with Gasteiger partial charge in [0.2, 0.25) is 11.9 Å². The van der Waals surface area contributed by atoms with Gasteiger partial charge in [-0.1, -0.05) is 0 Å². The SMILES string of the molecule is CC1(C)C(=O)NCCN1c1ncc(CN)cn1. The van der Waals surface area contributed by atoms with Crippen molar-refractivity contribution in [1.82, 2.24) is 15.3 Å². The summed E-state index contributed by atoms with van der Waals surface area (Å²) in [5, 5.41) is 2.84. The van der Waals surface area contributed by atoms with Crippen molar-refractivity contribution < 1.29 is 4.79 Å². The maximum absolute atomic E-state index is 11.8. The van der Waals surface area contributed by atoms with Crippen molar-refractivity contribution in [3.05, 3.63) is 18.0 Å². The minimum Gasteiger partial charge on any atom is -0.352 e. The summed E-state index contributed by atoms with van der Waals surface area (Å²) in [6, 6.07) is 0. The van der Waals surface area contributed by atoms with E-state index in [1.165, 1.54) is 0 Å². The van der Waals surface area contributed by atoms with Crippen LogP contribution < -0.4 is 16.0 Å². The molecule has 0 unspecified atom stereocenters. The van der Waals surface area contributed by atoms with Crippen molar-refractivity contribution in [3.63, 3.8) is 0 Å². The molecule has 0 bridgehead atoms. The summed E-state index contributed by atoms with van der Waals surface area (Å²) >= 11 is 0. The van der Waals surface area contributed by atoms with E-state index in [1.807, 2.05) is 18.7 Å². The second-order valence-corrected chi connectivity index (χ2v) is 4.56. The smallest absolute Gasteiger partial charge is 0.245 e. The number of nitrogens with one attached hydrogen (secondary N) is 1. The Morgan fingerprint density at radius 1 is 1.47 bits per heavy atom. The van der Waals surface area contributed by atoms with Crippen molar-refractivity contribution in [2.24, 2.45) is 5.73 Å². The summed E-state index contributed by atoms with van der Waals surface area (Å²) in [4.78, 5) is 22.2. The number of anilines is 1. The van der Waals surface area contributed by atoms with Crippen LogP contribution in [0.5, 0.6) is 0 Å². The molecule has 1 aliphatic rings. The standard InChI is InChI=1S/C11H17N5O/c1-11(2)9(17)13-3-4-16(11)10-14-6-8(5-12)7-15-10/h6-7H,3-5,12H2,1-2H3,(H,13,17). The van der Waals surface area contributed by atoms with E-state index in [9.17, 15) is 4.79 Å². The highest BCUT2D eigenvalue weighted by Gasteiger charge is 2.38. The van der Waals surface area contributed by atoms with Crippen molar-refractivity contribution in [1.29, 1.82) is 0 Å². The quantitative estimate of drug-likeness (QED) is 0.732. The number of amides is 1. The Kier molecular flexibility index (Phi) is 2.97. The van der Waals surface area contributed by atoms with Crippen LogP contribution in [-0.2, 0) is 11.3 Å². The first-order chi connectivity index (χ1) is 8.05. The Morgan fingerprint density at radius 2 is 2.12 bits per heavy atom. The van der Waals surface area contributed by atoms with E-state index in [-0.39, 0.29) is 5.91 Å². The number of aromatic nitrogens is 2. The lowest BCUT2D eigenvalue weighted by atomic mass is 9.99. The highest BCUT2D eigenvalue weighted by atomic mass is 16.2. The minimum atomic E-state index is -0.623. The fourth-order valence-electron chi connectivity index (χ4n) is 1.84.